The van der Waals surface area contributed by atoms with Crippen LogP contribution in [0.15, 0.2) is 23.3 Å². The van der Waals surface area contributed by atoms with E-state index in [4.69, 9.17) is 4.79 Å². The maximum Gasteiger partial charge on any atom is 0.204 e. The van der Waals surface area contributed by atoms with Crippen LogP contribution >= 0.6 is 0 Å². The van der Waals surface area contributed by atoms with E-state index in [1.54, 1.807) is 0 Å². The van der Waals surface area contributed by atoms with Crippen molar-refractivity contribution in [3.63, 3.8) is 0 Å². The molecule has 2 N–H and O–H groups in total. The molecule has 3 saturated carbocycles. The highest BCUT2D eigenvalue weighted by molar-refractivity contribution is 6.04. The number of hydrogen-bond acceptors (Lipinski definition) is 4. The molecule has 0 heterocycles. The third kappa shape index (κ3) is 3.65. The number of nitriles is 1. The average Bonchev–Trinajstić information content (AvgIpc) is 2.78. The molecule has 0 radical (unpaired) electrons. The van der Waals surface area contributed by atoms with Gasteiger partial charge >= 0.3 is 0 Å². The zero-order valence-corrected chi connectivity index (χ0v) is 23.2. The van der Waals surface area contributed by atoms with Gasteiger partial charge < -0.3 is 5.73 Å². The van der Waals surface area contributed by atoms with Crippen LogP contribution in [0.25, 0.3) is 0 Å². The van der Waals surface area contributed by atoms with Crippen molar-refractivity contribution in [1.29, 1.82) is 5.26 Å². The number of fused-ring (bicyclic) bond motifs is 7. The third-order valence-corrected chi connectivity index (χ3v) is 11.5. The van der Waals surface area contributed by atoms with Crippen LogP contribution in [0, 0.1) is 62.1 Å². The van der Waals surface area contributed by atoms with Gasteiger partial charge in [-0.2, -0.15) is 5.26 Å². The number of primary amides is 1. The van der Waals surface area contributed by atoms with Crippen molar-refractivity contribution >= 4 is 18.0 Å². The van der Waals surface area contributed by atoms with Crippen LogP contribution in [-0.2, 0) is 14.4 Å². The lowest BCUT2D eigenvalue weighted by Crippen LogP contribution is -2.60. The third-order valence-electron chi connectivity index (χ3n) is 11.5. The molecule has 0 aromatic heterocycles. The molecule has 7 unspecified atom stereocenters. The number of hydrogen-bond donors (Lipinski definition) is 1. The smallest absolute Gasteiger partial charge is 0.204 e. The summed E-state index contributed by atoms with van der Waals surface area (Å²) in [5, 5.41) is 9.78. The van der Waals surface area contributed by atoms with Crippen LogP contribution in [0.2, 0.25) is 0 Å². The van der Waals surface area contributed by atoms with Crippen LogP contribution in [0.1, 0.15) is 93.4 Å². The van der Waals surface area contributed by atoms with Gasteiger partial charge in [-0.1, -0.05) is 60.1 Å². The molecule has 0 saturated heterocycles. The van der Waals surface area contributed by atoms with E-state index in [9.17, 15) is 14.9 Å². The minimum absolute atomic E-state index is 0.0328. The fourth-order valence-corrected chi connectivity index (χ4v) is 9.55. The first-order chi connectivity index (χ1) is 16.6. The molecule has 1 amide bonds. The number of Topliss-reactive ketones (excluding diaryl/α,β-unsaturated/α-hetero) is 1. The van der Waals surface area contributed by atoms with Crippen LogP contribution < -0.4 is 5.73 Å². The van der Waals surface area contributed by atoms with Crippen LogP contribution in [0.4, 0.5) is 0 Å². The van der Waals surface area contributed by atoms with Gasteiger partial charge in [-0.25, -0.2) is 0 Å². The molecule has 0 aromatic rings. The average molecular weight is 493 g/mol. The maximum absolute atomic E-state index is 14.0. The van der Waals surface area contributed by atoms with Crippen molar-refractivity contribution in [2.45, 2.75) is 93.4 Å². The zero-order valence-electron chi connectivity index (χ0n) is 23.2. The molecular weight excluding hydrogens is 448 g/mol. The van der Waals surface area contributed by atoms with E-state index < -0.39 is 10.8 Å². The van der Waals surface area contributed by atoms with Gasteiger partial charge in [0, 0.05) is 16.7 Å². The number of amides is 1. The Morgan fingerprint density at radius 3 is 2.22 bits per heavy atom. The second-order valence-electron chi connectivity index (χ2n) is 14.4. The van der Waals surface area contributed by atoms with E-state index >= 15 is 0 Å². The minimum atomic E-state index is -0.588. The summed E-state index contributed by atoms with van der Waals surface area (Å²) >= 11 is 0. The quantitative estimate of drug-likeness (QED) is 0.423. The molecule has 5 heteroatoms. The monoisotopic (exact) mass is 492 g/mol. The number of nitrogens with two attached hydrogens (primary N) is 1. The SMILES string of the molecule is CC1(C)CCC2(C)CCC3C(C(=O)C=C4C5(C)C=C(C#N)C(=O)C(C)(C)C5CCC43C)C2C1.NC=O. The lowest BCUT2D eigenvalue weighted by atomic mass is 9.38. The van der Waals surface area contributed by atoms with Crippen LogP contribution in [0.5, 0.6) is 0 Å². The second kappa shape index (κ2) is 8.40. The van der Waals surface area contributed by atoms with Crippen LogP contribution in [0.3, 0.4) is 0 Å². The summed E-state index contributed by atoms with van der Waals surface area (Å²) in [6.45, 7) is 15.8. The number of nitrogens with zero attached hydrogens (tertiary/aromatic N) is 1. The van der Waals surface area contributed by atoms with Crippen molar-refractivity contribution < 1.29 is 14.4 Å². The Kier molecular flexibility index (Phi) is 6.26. The number of carbonyl (C=O) groups excluding carboxylic acids is 3. The largest absolute Gasteiger partial charge is 0.372 e. The summed E-state index contributed by atoms with van der Waals surface area (Å²) in [5.41, 5.74) is 5.20. The minimum Gasteiger partial charge on any atom is -0.372 e. The molecule has 5 aliphatic carbocycles. The summed E-state index contributed by atoms with van der Waals surface area (Å²) in [6.07, 6.45) is 12.2. The molecule has 5 rings (SSSR count). The molecule has 0 aromatic carbocycles. The first-order valence-electron chi connectivity index (χ1n) is 13.7. The number of rotatable bonds is 0. The van der Waals surface area contributed by atoms with Crippen molar-refractivity contribution in [1.82, 2.24) is 0 Å². The van der Waals surface area contributed by atoms with E-state index in [0.29, 0.717) is 23.0 Å². The zero-order chi connectivity index (χ0) is 26.9. The van der Waals surface area contributed by atoms with Gasteiger partial charge in [0.1, 0.15) is 6.07 Å². The fourth-order valence-electron chi connectivity index (χ4n) is 9.55. The highest BCUT2D eigenvalue weighted by Gasteiger charge is 2.65. The molecule has 196 valence electrons. The highest BCUT2D eigenvalue weighted by atomic mass is 16.1. The van der Waals surface area contributed by atoms with Crippen molar-refractivity contribution in [3.05, 3.63) is 23.3 Å². The summed E-state index contributed by atoms with van der Waals surface area (Å²) in [6, 6.07) is 2.19. The standard InChI is InChI=1S/C30H41NO2.CH3NO/c1-26(2)12-13-28(5)10-8-19-24(20(28)16-26)21(32)14-23-29(19,6)11-9-22-27(3,4)25(33)18(17-31)15-30(22,23)7;2-1-3/h14-15,19-20,22,24H,8-13,16H2,1-7H3;1H,(H2,2,3). The Morgan fingerprint density at radius 2 is 1.61 bits per heavy atom. The maximum atomic E-state index is 14.0. The van der Waals surface area contributed by atoms with Crippen molar-refractivity contribution in [3.8, 4) is 6.07 Å². The first-order valence-corrected chi connectivity index (χ1v) is 13.7. The topological polar surface area (TPSA) is 101 Å². The van der Waals surface area contributed by atoms with Gasteiger partial charge in [0.05, 0.1) is 5.57 Å². The predicted molar refractivity (Wildman–Crippen MR) is 140 cm³/mol. The van der Waals surface area contributed by atoms with Gasteiger partial charge in [0.25, 0.3) is 0 Å². The molecule has 0 bridgehead atoms. The Morgan fingerprint density at radius 1 is 0.972 bits per heavy atom. The Bertz CT molecular complexity index is 1090. The summed E-state index contributed by atoms with van der Waals surface area (Å²) < 4.78 is 0. The number of ketones is 2. The number of allylic oxidation sites excluding steroid dienone is 4. The molecule has 0 spiro atoms. The molecule has 3 fully saturated rings. The van der Waals surface area contributed by atoms with E-state index in [1.165, 1.54) is 24.8 Å². The van der Waals surface area contributed by atoms with Gasteiger partial charge in [0.15, 0.2) is 11.6 Å². The van der Waals surface area contributed by atoms with Crippen molar-refractivity contribution in [2.75, 3.05) is 0 Å². The molecule has 36 heavy (non-hydrogen) atoms. The molecule has 5 aliphatic rings. The lowest BCUT2D eigenvalue weighted by Gasteiger charge is -2.65. The fraction of sp³-hybridized carbons (Fsp3) is 0.742. The Labute approximate surface area is 217 Å². The molecule has 5 nitrogen and oxygen atoms in total. The van der Waals surface area contributed by atoms with Crippen molar-refractivity contribution in [2.24, 2.45) is 56.5 Å². The highest BCUT2D eigenvalue weighted by Crippen LogP contribution is 2.70. The van der Waals surface area contributed by atoms with Crippen LogP contribution in [-0.4, -0.2) is 18.0 Å². The predicted octanol–water partition coefficient (Wildman–Crippen LogP) is 5.94. The normalized spacial score (nSPS) is 44.1. The van der Waals surface area contributed by atoms with E-state index in [-0.39, 0.29) is 40.4 Å². The molecule has 0 aliphatic heterocycles. The van der Waals surface area contributed by atoms with Gasteiger partial charge in [-0.15, -0.1) is 0 Å². The lowest BCUT2D eigenvalue weighted by molar-refractivity contribution is -0.146. The van der Waals surface area contributed by atoms with E-state index in [0.717, 1.165) is 25.7 Å². The van der Waals surface area contributed by atoms with E-state index in [1.807, 2.05) is 26.0 Å². The Hall–Kier alpha value is -2.22. The summed E-state index contributed by atoms with van der Waals surface area (Å²) in [5.74, 6) is 1.37. The molecule has 7 atom stereocenters. The Balaban J connectivity index is 0.000000967. The summed E-state index contributed by atoms with van der Waals surface area (Å²) in [7, 11) is 0. The van der Waals surface area contributed by atoms with Gasteiger partial charge in [-0.3, -0.25) is 14.4 Å². The summed E-state index contributed by atoms with van der Waals surface area (Å²) in [4.78, 5) is 35.7. The van der Waals surface area contributed by atoms with Gasteiger partial charge in [0.2, 0.25) is 6.41 Å². The van der Waals surface area contributed by atoms with E-state index in [2.05, 4.69) is 46.4 Å². The first kappa shape index (κ1) is 26.8. The second-order valence-corrected chi connectivity index (χ2v) is 14.4. The van der Waals surface area contributed by atoms with Gasteiger partial charge in [-0.05, 0) is 85.0 Å². The number of carbonyl (C=O) groups is 3. The molecular formula is C31H44N2O3.